The molecule has 1 aromatic heterocycles. The highest BCUT2D eigenvalue weighted by atomic mass is 16.4. The molecular formula is C14H17NO3. The highest BCUT2D eigenvalue weighted by Crippen LogP contribution is 2.25. The Hall–Kier alpha value is -1.84. The number of aromatic nitrogens is 1. The molecule has 0 bridgehead atoms. The van der Waals surface area contributed by atoms with Crippen molar-refractivity contribution in [1.82, 2.24) is 4.57 Å². The molecule has 0 atom stereocenters. The minimum Gasteiger partial charge on any atom is -0.372 e. The van der Waals surface area contributed by atoms with Gasteiger partial charge >= 0.3 is 11.4 Å². The summed E-state index contributed by atoms with van der Waals surface area (Å²) in [7, 11) is 0. The molecule has 4 heteroatoms. The van der Waals surface area contributed by atoms with E-state index in [9.17, 15) is 9.59 Å². The van der Waals surface area contributed by atoms with Crippen LogP contribution >= 0.6 is 0 Å². The van der Waals surface area contributed by atoms with Crippen LogP contribution in [0.2, 0.25) is 0 Å². The molecule has 0 N–H and O–H groups in total. The van der Waals surface area contributed by atoms with Crippen molar-refractivity contribution in [3.8, 4) is 0 Å². The van der Waals surface area contributed by atoms with E-state index in [4.69, 9.17) is 4.42 Å². The van der Waals surface area contributed by atoms with Gasteiger partial charge in [-0.25, -0.2) is 9.59 Å². The van der Waals surface area contributed by atoms with Crippen LogP contribution in [0.1, 0.15) is 29.2 Å². The molecule has 0 fully saturated rings. The molecule has 2 rings (SSSR count). The maximum Gasteiger partial charge on any atom is 0.422 e. The first-order valence-corrected chi connectivity index (χ1v) is 6.04. The Labute approximate surface area is 105 Å². The maximum atomic E-state index is 11.9. The highest BCUT2D eigenvalue weighted by Gasteiger charge is 2.16. The zero-order chi connectivity index (χ0) is 13.6. The number of nitrogens with zero attached hydrogens (tertiary/aromatic N) is 1. The molecule has 1 aromatic carbocycles. The molecular weight excluding hydrogens is 230 g/mol. The highest BCUT2D eigenvalue weighted by molar-refractivity contribution is 5.86. The first kappa shape index (κ1) is 12.6. The molecule has 96 valence electrons. The lowest BCUT2D eigenvalue weighted by molar-refractivity contribution is 0.421. The van der Waals surface area contributed by atoms with Crippen molar-refractivity contribution in [2.45, 2.75) is 41.2 Å². The van der Waals surface area contributed by atoms with Crippen LogP contribution in [0.3, 0.4) is 0 Å². The standard InChI is InChI=1S/C14H17NO3/c1-6-15-12-10(5)8(3)7(2)9(4)11(12)13(16)18-14(15)17/h6H2,1-5H3. The SMILES string of the molecule is CCn1c(=O)oc(=O)c2c(C)c(C)c(C)c(C)c21. The lowest BCUT2D eigenvalue weighted by atomic mass is 9.95. The van der Waals surface area contributed by atoms with Crippen molar-refractivity contribution < 1.29 is 4.42 Å². The molecule has 0 saturated carbocycles. The van der Waals surface area contributed by atoms with E-state index in [2.05, 4.69) is 0 Å². The first-order chi connectivity index (χ1) is 8.40. The number of benzene rings is 1. The second-order valence-corrected chi connectivity index (χ2v) is 4.62. The molecule has 0 aliphatic rings. The second-order valence-electron chi connectivity index (χ2n) is 4.62. The van der Waals surface area contributed by atoms with E-state index < -0.39 is 11.4 Å². The zero-order valence-electron chi connectivity index (χ0n) is 11.4. The summed E-state index contributed by atoms with van der Waals surface area (Å²) in [6.45, 7) is 10.2. The Kier molecular flexibility index (Phi) is 2.89. The molecule has 0 amide bonds. The van der Waals surface area contributed by atoms with E-state index in [1.807, 2.05) is 34.6 Å². The lowest BCUT2D eigenvalue weighted by Crippen LogP contribution is -2.26. The largest absolute Gasteiger partial charge is 0.422 e. The minimum atomic E-state index is -0.583. The van der Waals surface area contributed by atoms with Crippen molar-refractivity contribution in [3.63, 3.8) is 0 Å². The molecule has 0 aliphatic carbocycles. The molecule has 0 saturated heterocycles. The normalized spacial score (nSPS) is 11.2. The Morgan fingerprint density at radius 3 is 2.06 bits per heavy atom. The Morgan fingerprint density at radius 1 is 0.944 bits per heavy atom. The van der Waals surface area contributed by atoms with E-state index in [0.29, 0.717) is 17.4 Å². The van der Waals surface area contributed by atoms with Crippen LogP contribution < -0.4 is 11.4 Å². The molecule has 0 radical (unpaired) electrons. The molecule has 2 aromatic rings. The fraction of sp³-hybridized carbons (Fsp3) is 0.429. The fourth-order valence-corrected chi connectivity index (χ4v) is 2.44. The van der Waals surface area contributed by atoms with Gasteiger partial charge in [-0.3, -0.25) is 4.57 Å². The van der Waals surface area contributed by atoms with Gasteiger partial charge in [0.25, 0.3) is 0 Å². The molecule has 18 heavy (non-hydrogen) atoms. The third-order valence-corrected chi connectivity index (χ3v) is 3.85. The van der Waals surface area contributed by atoms with Gasteiger partial charge in [0.1, 0.15) is 0 Å². The number of rotatable bonds is 1. The van der Waals surface area contributed by atoms with Crippen LogP contribution in [0.25, 0.3) is 10.9 Å². The summed E-state index contributed by atoms with van der Waals surface area (Å²) in [6.07, 6.45) is 0. The van der Waals surface area contributed by atoms with E-state index >= 15 is 0 Å². The molecule has 0 unspecified atom stereocenters. The zero-order valence-corrected chi connectivity index (χ0v) is 11.4. The molecule has 0 aliphatic heterocycles. The Morgan fingerprint density at radius 2 is 1.50 bits per heavy atom. The van der Waals surface area contributed by atoms with Crippen LogP contribution in [0.5, 0.6) is 0 Å². The van der Waals surface area contributed by atoms with Crippen molar-refractivity contribution in [2.24, 2.45) is 0 Å². The van der Waals surface area contributed by atoms with Gasteiger partial charge in [-0.05, 0) is 56.9 Å². The summed E-state index contributed by atoms with van der Waals surface area (Å²) >= 11 is 0. The van der Waals surface area contributed by atoms with Crippen LogP contribution in [-0.2, 0) is 6.54 Å². The number of hydrogen-bond donors (Lipinski definition) is 0. The number of hydrogen-bond acceptors (Lipinski definition) is 3. The van der Waals surface area contributed by atoms with E-state index in [0.717, 1.165) is 22.3 Å². The van der Waals surface area contributed by atoms with Gasteiger partial charge in [0.15, 0.2) is 0 Å². The average Bonchev–Trinajstić information content (AvgIpc) is 2.33. The third-order valence-electron chi connectivity index (χ3n) is 3.85. The van der Waals surface area contributed by atoms with Crippen molar-refractivity contribution >= 4 is 10.9 Å². The number of fused-ring (bicyclic) bond motifs is 1. The van der Waals surface area contributed by atoms with E-state index in [1.165, 1.54) is 4.57 Å². The van der Waals surface area contributed by atoms with Crippen molar-refractivity contribution in [1.29, 1.82) is 0 Å². The van der Waals surface area contributed by atoms with Gasteiger partial charge < -0.3 is 4.42 Å². The predicted octanol–water partition coefficient (Wildman–Crippen LogP) is 2.21. The van der Waals surface area contributed by atoms with Gasteiger partial charge in [0.05, 0.1) is 10.9 Å². The average molecular weight is 247 g/mol. The summed E-state index contributed by atoms with van der Waals surface area (Å²) in [4.78, 5) is 23.7. The molecule has 1 heterocycles. The summed E-state index contributed by atoms with van der Waals surface area (Å²) in [5, 5.41) is 0.525. The third kappa shape index (κ3) is 1.52. The molecule has 4 nitrogen and oxygen atoms in total. The van der Waals surface area contributed by atoms with Gasteiger partial charge in [-0.1, -0.05) is 0 Å². The number of aryl methyl sites for hydroxylation is 3. The predicted molar refractivity (Wildman–Crippen MR) is 71.4 cm³/mol. The van der Waals surface area contributed by atoms with Gasteiger partial charge in [-0.15, -0.1) is 0 Å². The van der Waals surface area contributed by atoms with Crippen LogP contribution in [-0.4, -0.2) is 4.57 Å². The van der Waals surface area contributed by atoms with Gasteiger partial charge in [0.2, 0.25) is 0 Å². The van der Waals surface area contributed by atoms with Crippen LogP contribution in [0.4, 0.5) is 0 Å². The van der Waals surface area contributed by atoms with Crippen LogP contribution in [0.15, 0.2) is 14.0 Å². The van der Waals surface area contributed by atoms with Crippen molar-refractivity contribution in [2.75, 3.05) is 0 Å². The molecule has 0 spiro atoms. The van der Waals surface area contributed by atoms with Gasteiger partial charge in [-0.2, -0.15) is 0 Å². The van der Waals surface area contributed by atoms with Crippen molar-refractivity contribution in [3.05, 3.63) is 43.2 Å². The van der Waals surface area contributed by atoms with E-state index in [-0.39, 0.29) is 0 Å². The van der Waals surface area contributed by atoms with Crippen LogP contribution in [0, 0.1) is 27.7 Å². The fourth-order valence-electron chi connectivity index (χ4n) is 2.44. The lowest BCUT2D eigenvalue weighted by Gasteiger charge is -2.15. The minimum absolute atomic E-state index is 0.488. The smallest absolute Gasteiger partial charge is 0.372 e. The topological polar surface area (TPSA) is 52.2 Å². The second kappa shape index (κ2) is 4.12. The van der Waals surface area contributed by atoms with E-state index in [1.54, 1.807) is 0 Å². The van der Waals surface area contributed by atoms with Gasteiger partial charge in [0, 0.05) is 6.54 Å². The Balaban J connectivity index is 3.25. The summed E-state index contributed by atoms with van der Waals surface area (Å²) < 4.78 is 6.31. The first-order valence-electron chi connectivity index (χ1n) is 6.04. The monoisotopic (exact) mass is 247 g/mol. The summed E-state index contributed by atoms with van der Waals surface area (Å²) in [5.41, 5.74) is 4.23. The quantitative estimate of drug-likeness (QED) is 0.776. The summed E-state index contributed by atoms with van der Waals surface area (Å²) in [5.74, 6) is -0.583. The Bertz CT molecular complexity index is 750. The maximum absolute atomic E-state index is 11.9. The summed E-state index contributed by atoms with van der Waals surface area (Å²) in [6, 6.07) is 0.